The van der Waals surface area contributed by atoms with E-state index in [4.69, 9.17) is 5.73 Å². The number of carbonyl (C=O) groups is 1. The van der Waals surface area contributed by atoms with Gasteiger partial charge in [0.1, 0.15) is 0 Å². The summed E-state index contributed by atoms with van der Waals surface area (Å²) in [7, 11) is 0. The van der Waals surface area contributed by atoms with Crippen molar-refractivity contribution in [3.8, 4) is 0 Å². The number of rotatable bonds is 7. The summed E-state index contributed by atoms with van der Waals surface area (Å²) in [5.41, 5.74) is 7.08. The number of nitrogens with two attached hydrogens (primary N) is 1. The summed E-state index contributed by atoms with van der Waals surface area (Å²) in [6, 6.07) is 9.56. The Morgan fingerprint density at radius 1 is 1.22 bits per heavy atom. The molecule has 1 amide bonds. The number of halogens is 2. The molecular formula is C17H29Cl2N3O. The van der Waals surface area contributed by atoms with Crippen LogP contribution in [-0.2, 0) is 4.79 Å². The van der Waals surface area contributed by atoms with Crippen molar-refractivity contribution in [1.82, 2.24) is 10.2 Å². The van der Waals surface area contributed by atoms with E-state index in [0.29, 0.717) is 12.3 Å². The molecule has 2 rings (SSSR count). The topological polar surface area (TPSA) is 58.4 Å². The molecule has 0 radical (unpaired) electrons. The molecule has 1 heterocycles. The van der Waals surface area contributed by atoms with Crippen molar-refractivity contribution in [3.63, 3.8) is 0 Å². The van der Waals surface area contributed by atoms with Gasteiger partial charge >= 0.3 is 0 Å². The average molecular weight is 362 g/mol. The second kappa shape index (κ2) is 11.7. The van der Waals surface area contributed by atoms with E-state index in [1.165, 1.54) is 25.9 Å². The van der Waals surface area contributed by atoms with Gasteiger partial charge in [-0.05, 0) is 37.4 Å². The van der Waals surface area contributed by atoms with Crippen LogP contribution in [-0.4, -0.2) is 37.0 Å². The van der Waals surface area contributed by atoms with Crippen LogP contribution in [0.4, 0.5) is 0 Å². The molecule has 0 spiro atoms. The Morgan fingerprint density at radius 2 is 1.83 bits per heavy atom. The molecule has 1 saturated heterocycles. The fourth-order valence-electron chi connectivity index (χ4n) is 2.85. The van der Waals surface area contributed by atoms with E-state index in [2.05, 4.69) is 17.1 Å². The summed E-state index contributed by atoms with van der Waals surface area (Å²) in [6.45, 7) is 6.41. The van der Waals surface area contributed by atoms with Gasteiger partial charge in [-0.2, -0.15) is 0 Å². The average Bonchev–Trinajstić information content (AvgIpc) is 2.99. The molecule has 2 unspecified atom stereocenters. The lowest BCUT2D eigenvalue weighted by Gasteiger charge is -2.21. The highest BCUT2D eigenvalue weighted by Crippen LogP contribution is 2.13. The molecule has 2 atom stereocenters. The molecule has 4 nitrogen and oxygen atoms in total. The van der Waals surface area contributed by atoms with Crippen LogP contribution in [0.3, 0.4) is 0 Å². The van der Waals surface area contributed by atoms with E-state index in [1.54, 1.807) is 0 Å². The van der Waals surface area contributed by atoms with E-state index in [1.807, 2.05) is 30.3 Å². The molecule has 0 aromatic heterocycles. The van der Waals surface area contributed by atoms with Crippen LogP contribution in [0.2, 0.25) is 0 Å². The zero-order chi connectivity index (χ0) is 15.1. The summed E-state index contributed by atoms with van der Waals surface area (Å²) >= 11 is 0. The number of hydrogen-bond donors (Lipinski definition) is 2. The third-order valence-electron chi connectivity index (χ3n) is 4.05. The predicted octanol–water partition coefficient (Wildman–Crippen LogP) is 2.77. The van der Waals surface area contributed by atoms with Crippen LogP contribution < -0.4 is 11.1 Å². The highest BCUT2D eigenvalue weighted by atomic mass is 35.5. The van der Waals surface area contributed by atoms with E-state index in [0.717, 1.165) is 18.7 Å². The Balaban J connectivity index is 0.00000242. The quantitative estimate of drug-likeness (QED) is 0.784. The van der Waals surface area contributed by atoms with Gasteiger partial charge in [-0.1, -0.05) is 37.3 Å². The van der Waals surface area contributed by atoms with Crippen LogP contribution in [0.1, 0.15) is 37.8 Å². The van der Waals surface area contributed by atoms with Crippen LogP contribution in [0.25, 0.3) is 0 Å². The summed E-state index contributed by atoms with van der Waals surface area (Å²) < 4.78 is 0. The molecule has 1 aromatic carbocycles. The molecule has 0 saturated carbocycles. The number of likely N-dealkylation sites (tertiary alicyclic amines) is 1. The smallest absolute Gasteiger partial charge is 0.221 e. The summed E-state index contributed by atoms with van der Waals surface area (Å²) in [4.78, 5) is 14.4. The molecule has 1 aromatic rings. The van der Waals surface area contributed by atoms with Gasteiger partial charge in [-0.25, -0.2) is 0 Å². The zero-order valence-corrected chi connectivity index (χ0v) is 15.4. The molecule has 6 heteroatoms. The molecule has 1 aliphatic heterocycles. The molecule has 1 aliphatic rings. The van der Waals surface area contributed by atoms with Crippen molar-refractivity contribution < 1.29 is 4.79 Å². The van der Waals surface area contributed by atoms with Gasteiger partial charge in [-0.3, -0.25) is 4.79 Å². The first-order valence-corrected chi connectivity index (χ1v) is 7.94. The largest absolute Gasteiger partial charge is 0.356 e. The minimum atomic E-state index is -0.222. The van der Waals surface area contributed by atoms with Gasteiger partial charge in [0, 0.05) is 25.6 Å². The zero-order valence-electron chi connectivity index (χ0n) is 13.7. The van der Waals surface area contributed by atoms with Crippen molar-refractivity contribution in [3.05, 3.63) is 35.9 Å². The predicted molar refractivity (Wildman–Crippen MR) is 100 cm³/mol. The fraction of sp³-hybridized carbons (Fsp3) is 0.588. The van der Waals surface area contributed by atoms with Crippen LogP contribution in [0.15, 0.2) is 30.3 Å². The number of amides is 1. The summed E-state index contributed by atoms with van der Waals surface area (Å²) in [5, 5.41) is 3.01. The highest BCUT2D eigenvalue weighted by molar-refractivity contribution is 5.85. The summed E-state index contributed by atoms with van der Waals surface area (Å²) in [5.74, 6) is 0.527. The maximum Gasteiger partial charge on any atom is 0.221 e. The molecule has 1 fully saturated rings. The maximum absolute atomic E-state index is 12.0. The van der Waals surface area contributed by atoms with Gasteiger partial charge < -0.3 is 16.0 Å². The maximum atomic E-state index is 12.0. The second-order valence-electron chi connectivity index (χ2n) is 6.14. The molecule has 0 aliphatic carbocycles. The second-order valence-corrected chi connectivity index (χ2v) is 6.14. The Bertz CT molecular complexity index is 439. The highest BCUT2D eigenvalue weighted by Gasteiger charge is 2.16. The van der Waals surface area contributed by atoms with E-state index in [-0.39, 0.29) is 36.8 Å². The summed E-state index contributed by atoms with van der Waals surface area (Å²) in [6.07, 6.45) is 2.97. The Kier molecular flexibility index (Phi) is 11.3. The first-order valence-electron chi connectivity index (χ1n) is 7.94. The van der Waals surface area contributed by atoms with Crippen molar-refractivity contribution in [1.29, 1.82) is 0 Å². The van der Waals surface area contributed by atoms with Gasteiger partial charge in [-0.15, -0.1) is 24.8 Å². The van der Waals surface area contributed by atoms with Gasteiger partial charge in [0.05, 0.1) is 0 Å². The van der Waals surface area contributed by atoms with E-state index >= 15 is 0 Å². The minimum Gasteiger partial charge on any atom is -0.356 e. The molecule has 0 bridgehead atoms. The molecular weight excluding hydrogens is 333 g/mol. The van der Waals surface area contributed by atoms with E-state index in [9.17, 15) is 4.79 Å². The van der Waals surface area contributed by atoms with Gasteiger partial charge in [0.15, 0.2) is 0 Å². The monoisotopic (exact) mass is 361 g/mol. The first kappa shape index (κ1) is 22.2. The van der Waals surface area contributed by atoms with Crippen molar-refractivity contribution in [2.45, 2.75) is 32.2 Å². The fourth-order valence-corrected chi connectivity index (χ4v) is 2.85. The number of nitrogens with zero attached hydrogens (tertiary/aromatic N) is 1. The normalized spacial score (nSPS) is 16.8. The molecule has 23 heavy (non-hydrogen) atoms. The van der Waals surface area contributed by atoms with Crippen LogP contribution >= 0.6 is 24.8 Å². The van der Waals surface area contributed by atoms with Crippen LogP contribution in [0.5, 0.6) is 0 Å². The van der Waals surface area contributed by atoms with Gasteiger partial charge in [0.2, 0.25) is 5.91 Å². The lowest BCUT2D eigenvalue weighted by Crippen LogP contribution is -2.35. The lowest BCUT2D eigenvalue weighted by molar-refractivity contribution is -0.121. The van der Waals surface area contributed by atoms with E-state index < -0.39 is 0 Å². The van der Waals surface area contributed by atoms with Crippen molar-refractivity contribution in [2.75, 3.05) is 26.2 Å². The SMILES string of the molecule is CC(CNC(=O)CC(N)c1ccccc1)CN1CCCC1.Cl.Cl. The standard InChI is InChI=1S/C17H27N3O.2ClH/c1-14(13-20-9-5-6-10-20)12-19-17(21)11-16(18)15-7-3-2-4-8-15;;/h2-4,7-8,14,16H,5-6,9-13,18H2,1H3,(H,19,21);2*1H. The van der Waals surface area contributed by atoms with Crippen molar-refractivity contribution in [2.24, 2.45) is 11.7 Å². The number of nitrogens with one attached hydrogen (secondary N) is 1. The number of hydrogen-bond acceptors (Lipinski definition) is 3. The third-order valence-corrected chi connectivity index (χ3v) is 4.05. The molecule has 132 valence electrons. The Morgan fingerprint density at radius 3 is 2.43 bits per heavy atom. The number of carbonyl (C=O) groups excluding carboxylic acids is 1. The van der Waals surface area contributed by atoms with Crippen LogP contribution in [0, 0.1) is 5.92 Å². The minimum absolute atomic E-state index is 0. The first-order chi connectivity index (χ1) is 10.1. The Hall–Kier alpha value is -0.810. The van der Waals surface area contributed by atoms with Crippen molar-refractivity contribution >= 4 is 30.7 Å². The Labute approximate surface area is 152 Å². The van der Waals surface area contributed by atoms with Gasteiger partial charge in [0.25, 0.3) is 0 Å². The third kappa shape index (κ3) is 8.02. The number of benzene rings is 1. The molecule has 3 N–H and O–H groups in total. The lowest BCUT2D eigenvalue weighted by atomic mass is 10.0.